The van der Waals surface area contributed by atoms with E-state index in [1.54, 1.807) is 24.3 Å². The molecule has 8 nitrogen and oxygen atoms in total. The van der Waals surface area contributed by atoms with Crippen molar-refractivity contribution in [2.75, 3.05) is 11.1 Å². The lowest BCUT2D eigenvalue weighted by Crippen LogP contribution is -2.35. The maximum atomic E-state index is 12.5. The molecule has 0 atom stereocenters. The van der Waals surface area contributed by atoms with Gasteiger partial charge in [-0.25, -0.2) is 4.79 Å². The molecule has 0 bridgehead atoms. The summed E-state index contributed by atoms with van der Waals surface area (Å²) < 4.78 is 1.26. The summed E-state index contributed by atoms with van der Waals surface area (Å²) in [4.78, 5) is 35.3. The zero-order chi connectivity index (χ0) is 18.6. The third kappa shape index (κ3) is 4.38. The van der Waals surface area contributed by atoms with Crippen LogP contribution in [0.1, 0.15) is 24.2 Å². The number of primary amides is 1. The third-order valence-electron chi connectivity index (χ3n) is 3.44. The molecule has 0 spiro atoms. The summed E-state index contributed by atoms with van der Waals surface area (Å²) in [5, 5.41) is 15.9. The minimum absolute atomic E-state index is 0.0645. The normalized spacial score (nSPS) is 11.1. The van der Waals surface area contributed by atoms with E-state index < -0.39 is 17.4 Å². The Bertz CT molecular complexity index is 816. The molecule has 2 rings (SSSR count). The van der Waals surface area contributed by atoms with Crippen LogP contribution < -0.4 is 11.1 Å². The van der Waals surface area contributed by atoms with Gasteiger partial charge in [-0.15, -0.1) is 11.8 Å². The lowest BCUT2D eigenvalue weighted by molar-refractivity contribution is -0.146. The van der Waals surface area contributed by atoms with Crippen LogP contribution in [0.2, 0.25) is 0 Å². The first-order chi connectivity index (χ1) is 11.7. The summed E-state index contributed by atoms with van der Waals surface area (Å²) in [6.45, 7) is 3.01. The van der Waals surface area contributed by atoms with Gasteiger partial charge in [-0.2, -0.15) is 5.10 Å². The molecule has 0 aliphatic heterocycles. The number of amides is 2. The van der Waals surface area contributed by atoms with Gasteiger partial charge < -0.3 is 16.2 Å². The summed E-state index contributed by atoms with van der Waals surface area (Å²) in [5.74, 6) is -1.84. The smallest absolute Gasteiger partial charge is 0.331 e. The molecule has 0 fully saturated rings. The van der Waals surface area contributed by atoms with Gasteiger partial charge in [0.2, 0.25) is 5.91 Å². The van der Waals surface area contributed by atoms with E-state index >= 15 is 0 Å². The number of aliphatic carboxylic acids is 1. The largest absolute Gasteiger partial charge is 0.479 e. The summed E-state index contributed by atoms with van der Waals surface area (Å²) in [7, 11) is 0. The number of anilines is 1. The first-order valence-electron chi connectivity index (χ1n) is 7.32. The molecule has 1 aromatic carbocycles. The van der Waals surface area contributed by atoms with Crippen molar-refractivity contribution in [1.82, 2.24) is 9.78 Å². The number of nitrogens with one attached hydrogen (secondary N) is 1. The van der Waals surface area contributed by atoms with Gasteiger partial charge in [0.1, 0.15) is 0 Å². The molecule has 0 saturated carbocycles. The third-order valence-corrected chi connectivity index (χ3v) is 4.53. The monoisotopic (exact) mass is 362 g/mol. The number of thioether (sulfide) groups is 1. The second-order valence-corrected chi connectivity index (χ2v) is 6.76. The van der Waals surface area contributed by atoms with E-state index in [4.69, 9.17) is 5.73 Å². The Balaban J connectivity index is 2.17. The number of hydrogen-bond donors (Lipinski definition) is 3. The van der Waals surface area contributed by atoms with Gasteiger partial charge >= 0.3 is 5.97 Å². The fraction of sp³-hybridized carbons (Fsp3) is 0.250. The highest BCUT2D eigenvalue weighted by Crippen LogP contribution is 2.24. The van der Waals surface area contributed by atoms with Crippen molar-refractivity contribution in [2.24, 2.45) is 5.73 Å². The van der Waals surface area contributed by atoms with Crippen LogP contribution in [-0.4, -0.2) is 38.4 Å². The molecule has 1 heterocycles. The first-order valence-corrected chi connectivity index (χ1v) is 8.30. The van der Waals surface area contributed by atoms with Crippen molar-refractivity contribution >= 4 is 35.2 Å². The number of aromatic nitrogens is 2. The van der Waals surface area contributed by atoms with Crippen LogP contribution in [0.15, 0.2) is 41.6 Å². The van der Waals surface area contributed by atoms with Crippen LogP contribution in [0.4, 0.5) is 5.69 Å². The highest BCUT2D eigenvalue weighted by molar-refractivity contribution is 8.00. The van der Waals surface area contributed by atoms with Crippen LogP contribution in [0.25, 0.3) is 0 Å². The number of hydrogen-bond acceptors (Lipinski definition) is 5. The van der Waals surface area contributed by atoms with E-state index in [9.17, 15) is 19.5 Å². The number of benzene rings is 1. The zero-order valence-corrected chi connectivity index (χ0v) is 14.5. The van der Waals surface area contributed by atoms with Gasteiger partial charge in [0, 0.05) is 11.1 Å². The maximum Gasteiger partial charge on any atom is 0.331 e. The van der Waals surface area contributed by atoms with Crippen LogP contribution in [0.5, 0.6) is 0 Å². The Hall–Kier alpha value is -2.81. The average molecular weight is 362 g/mol. The molecular weight excluding hydrogens is 344 g/mol. The van der Waals surface area contributed by atoms with Crippen molar-refractivity contribution in [2.45, 2.75) is 24.3 Å². The van der Waals surface area contributed by atoms with E-state index in [1.165, 1.54) is 42.7 Å². The Morgan fingerprint density at radius 1 is 1.32 bits per heavy atom. The highest BCUT2D eigenvalue weighted by Gasteiger charge is 2.30. The van der Waals surface area contributed by atoms with E-state index in [1.807, 2.05) is 0 Å². The molecule has 25 heavy (non-hydrogen) atoms. The summed E-state index contributed by atoms with van der Waals surface area (Å²) >= 11 is 1.17. The molecule has 2 aromatic rings. The number of nitrogens with zero attached hydrogens (tertiary/aromatic N) is 2. The van der Waals surface area contributed by atoms with Crippen molar-refractivity contribution in [3.05, 3.63) is 42.2 Å². The van der Waals surface area contributed by atoms with Gasteiger partial charge in [-0.3, -0.25) is 14.3 Å². The van der Waals surface area contributed by atoms with E-state index in [2.05, 4.69) is 10.4 Å². The molecule has 0 saturated heterocycles. The van der Waals surface area contributed by atoms with E-state index in [-0.39, 0.29) is 11.7 Å². The maximum absolute atomic E-state index is 12.5. The predicted molar refractivity (Wildman–Crippen MR) is 93.5 cm³/mol. The SMILES string of the molecule is CC(C)(C(=O)O)n1cc(NC(=O)c2ccccc2SCC(N)=O)cn1. The highest BCUT2D eigenvalue weighted by atomic mass is 32.2. The molecule has 0 radical (unpaired) electrons. The fourth-order valence-electron chi connectivity index (χ4n) is 1.92. The second kappa shape index (κ2) is 7.39. The summed E-state index contributed by atoms with van der Waals surface area (Å²) in [6.07, 6.45) is 2.83. The number of nitrogens with two attached hydrogens (primary N) is 1. The minimum Gasteiger partial charge on any atom is -0.479 e. The van der Waals surface area contributed by atoms with Gasteiger partial charge in [0.15, 0.2) is 5.54 Å². The molecule has 0 unspecified atom stereocenters. The Kier molecular flexibility index (Phi) is 5.48. The van der Waals surface area contributed by atoms with Crippen LogP contribution >= 0.6 is 11.8 Å². The molecule has 2 amide bonds. The average Bonchev–Trinajstić information content (AvgIpc) is 3.02. The van der Waals surface area contributed by atoms with Crippen LogP contribution in [0.3, 0.4) is 0 Å². The molecule has 1 aromatic heterocycles. The minimum atomic E-state index is -1.24. The van der Waals surface area contributed by atoms with E-state index in [0.717, 1.165) is 0 Å². The Morgan fingerprint density at radius 3 is 2.64 bits per heavy atom. The number of carboxylic acids is 1. The summed E-state index contributed by atoms with van der Waals surface area (Å²) in [6, 6.07) is 6.82. The topological polar surface area (TPSA) is 127 Å². The van der Waals surface area contributed by atoms with Crippen molar-refractivity contribution in [3.63, 3.8) is 0 Å². The van der Waals surface area contributed by atoms with Crippen molar-refractivity contribution in [1.29, 1.82) is 0 Å². The molecule has 132 valence electrons. The van der Waals surface area contributed by atoms with Gasteiger partial charge in [-0.05, 0) is 26.0 Å². The molecule has 9 heteroatoms. The molecular formula is C16H18N4O4S. The van der Waals surface area contributed by atoms with Crippen molar-refractivity contribution in [3.8, 4) is 0 Å². The molecule has 0 aliphatic carbocycles. The number of carbonyl (C=O) groups excluding carboxylic acids is 2. The Labute approximate surface area is 148 Å². The first kappa shape index (κ1) is 18.5. The van der Waals surface area contributed by atoms with Crippen LogP contribution in [-0.2, 0) is 15.1 Å². The quantitative estimate of drug-likeness (QED) is 0.641. The fourth-order valence-corrected chi connectivity index (χ4v) is 2.71. The van der Waals surface area contributed by atoms with Gasteiger partial charge in [-0.1, -0.05) is 12.1 Å². The van der Waals surface area contributed by atoms with Crippen LogP contribution in [0, 0.1) is 0 Å². The van der Waals surface area contributed by atoms with Crippen molar-refractivity contribution < 1.29 is 19.5 Å². The second-order valence-electron chi connectivity index (χ2n) is 5.74. The van der Waals surface area contributed by atoms with Gasteiger partial charge in [0.25, 0.3) is 5.91 Å². The predicted octanol–water partition coefficient (Wildman–Crippen LogP) is 1.53. The number of carbonyl (C=O) groups is 3. The lowest BCUT2D eigenvalue weighted by Gasteiger charge is -2.19. The van der Waals surface area contributed by atoms with E-state index in [0.29, 0.717) is 16.1 Å². The van der Waals surface area contributed by atoms with Gasteiger partial charge in [0.05, 0.1) is 23.2 Å². The zero-order valence-electron chi connectivity index (χ0n) is 13.7. The number of rotatable bonds is 7. The standard InChI is InChI=1S/C16H18N4O4S/c1-16(2,15(23)24)20-8-10(7-18-20)19-14(22)11-5-3-4-6-12(11)25-9-13(17)21/h3-8H,9H2,1-2H3,(H2,17,21)(H,19,22)(H,23,24). The molecule has 0 aliphatic rings. The molecule has 4 N–H and O–H groups in total. The summed E-state index contributed by atoms with van der Waals surface area (Å²) in [5.41, 5.74) is 4.66. The lowest BCUT2D eigenvalue weighted by atomic mass is 10.1. The Morgan fingerprint density at radius 2 is 2.00 bits per heavy atom. The number of carboxylic acid groups (broad SMARTS) is 1.